The number of halogens is 2. The van der Waals surface area contributed by atoms with Crippen LogP contribution >= 0.6 is 23.2 Å². The third kappa shape index (κ3) is 2.92. The highest BCUT2D eigenvalue weighted by atomic mass is 35.5. The van der Waals surface area contributed by atoms with Crippen LogP contribution < -0.4 is 11.1 Å². The van der Waals surface area contributed by atoms with Gasteiger partial charge in [-0.15, -0.1) is 0 Å². The van der Waals surface area contributed by atoms with Gasteiger partial charge in [0.2, 0.25) is 0 Å². The molecule has 2 fully saturated rings. The van der Waals surface area contributed by atoms with Gasteiger partial charge in [0.25, 0.3) is 0 Å². The minimum Gasteiger partial charge on any atom is -0.396 e. The van der Waals surface area contributed by atoms with Crippen molar-refractivity contribution in [2.45, 2.75) is 38.1 Å². The van der Waals surface area contributed by atoms with Gasteiger partial charge >= 0.3 is 6.03 Å². The molecule has 3 rings (SSSR count). The van der Waals surface area contributed by atoms with Gasteiger partial charge in [-0.2, -0.15) is 0 Å². The number of nitrogen functional groups attached to an aromatic ring is 1. The minimum atomic E-state index is -0.0682. The fourth-order valence-electron chi connectivity index (χ4n) is 3.21. The number of hydrogen-bond acceptors (Lipinski definition) is 2. The van der Waals surface area contributed by atoms with Crippen LogP contribution in [0.2, 0.25) is 10.0 Å². The standard InChI is InChI=1S/C15H19Cl2N3O/c16-11-7-10(8-12(17)14(11)18)19-15(21)20-6-2-5-13(20)9-3-1-4-9/h7-9,13H,1-6,18H2,(H,19,21). The monoisotopic (exact) mass is 327 g/mol. The fourth-order valence-corrected chi connectivity index (χ4v) is 3.70. The smallest absolute Gasteiger partial charge is 0.322 e. The Kier molecular flexibility index (Phi) is 4.18. The zero-order valence-corrected chi connectivity index (χ0v) is 13.3. The van der Waals surface area contributed by atoms with Crippen molar-refractivity contribution < 1.29 is 4.79 Å². The van der Waals surface area contributed by atoms with E-state index in [0.29, 0.717) is 33.4 Å². The first kappa shape index (κ1) is 14.8. The first-order valence-corrected chi connectivity index (χ1v) is 8.14. The number of rotatable bonds is 2. The predicted molar refractivity (Wildman–Crippen MR) is 87.0 cm³/mol. The Hall–Kier alpha value is -1.13. The number of urea groups is 1. The van der Waals surface area contributed by atoms with Crippen LogP contribution in [0.15, 0.2) is 12.1 Å². The van der Waals surface area contributed by atoms with Crippen molar-refractivity contribution in [3.63, 3.8) is 0 Å². The molecule has 1 saturated heterocycles. The molecule has 6 heteroatoms. The molecule has 0 spiro atoms. The Balaban J connectivity index is 1.71. The Morgan fingerprint density at radius 1 is 1.19 bits per heavy atom. The molecule has 3 N–H and O–H groups in total. The lowest BCUT2D eigenvalue weighted by Gasteiger charge is -2.36. The molecule has 0 bridgehead atoms. The molecule has 0 aromatic heterocycles. The average Bonchev–Trinajstić information content (AvgIpc) is 2.82. The van der Waals surface area contributed by atoms with E-state index in [1.54, 1.807) is 12.1 Å². The van der Waals surface area contributed by atoms with Gasteiger partial charge in [0.05, 0.1) is 15.7 Å². The molecule has 1 aromatic rings. The third-order valence-electron chi connectivity index (χ3n) is 4.58. The third-order valence-corrected chi connectivity index (χ3v) is 5.21. The summed E-state index contributed by atoms with van der Waals surface area (Å²) in [6.07, 6.45) is 5.97. The molecule has 21 heavy (non-hydrogen) atoms. The average molecular weight is 328 g/mol. The molecule has 4 nitrogen and oxygen atoms in total. The largest absolute Gasteiger partial charge is 0.396 e. The number of likely N-dealkylation sites (tertiary alicyclic amines) is 1. The van der Waals surface area contributed by atoms with Gasteiger partial charge in [-0.3, -0.25) is 0 Å². The number of nitrogens with zero attached hydrogens (tertiary/aromatic N) is 1. The number of hydrogen-bond donors (Lipinski definition) is 2. The van der Waals surface area contributed by atoms with Crippen molar-refractivity contribution in [3.05, 3.63) is 22.2 Å². The van der Waals surface area contributed by atoms with Crippen molar-refractivity contribution in [2.24, 2.45) is 5.92 Å². The Bertz CT molecular complexity index is 537. The number of nitrogens with two attached hydrogens (primary N) is 1. The van der Waals surface area contributed by atoms with Crippen LogP contribution in [0.5, 0.6) is 0 Å². The van der Waals surface area contributed by atoms with Crippen LogP contribution in [0.1, 0.15) is 32.1 Å². The molecule has 1 aliphatic heterocycles. The molecule has 114 valence electrons. The summed E-state index contributed by atoms with van der Waals surface area (Å²) < 4.78 is 0. The van der Waals surface area contributed by atoms with Crippen molar-refractivity contribution in [2.75, 3.05) is 17.6 Å². The molecule has 1 atom stereocenters. The summed E-state index contributed by atoms with van der Waals surface area (Å²) in [6.45, 7) is 0.823. The van der Waals surface area contributed by atoms with Crippen molar-refractivity contribution in [1.82, 2.24) is 4.90 Å². The Morgan fingerprint density at radius 3 is 2.43 bits per heavy atom. The van der Waals surface area contributed by atoms with Gasteiger partial charge in [-0.25, -0.2) is 4.79 Å². The second-order valence-corrected chi connectivity index (χ2v) is 6.69. The quantitative estimate of drug-likeness (QED) is 0.792. The molecule has 2 aliphatic rings. The maximum Gasteiger partial charge on any atom is 0.322 e. The summed E-state index contributed by atoms with van der Waals surface area (Å²) in [6, 6.07) is 3.59. The SMILES string of the molecule is Nc1c(Cl)cc(NC(=O)N2CCCC2C2CCC2)cc1Cl. The lowest BCUT2D eigenvalue weighted by Crippen LogP contribution is -2.44. The van der Waals surface area contributed by atoms with Gasteiger partial charge in [0.15, 0.2) is 0 Å². The second-order valence-electron chi connectivity index (χ2n) is 5.88. The normalized spacial score (nSPS) is 22.2. The number of benzene rings is 1. The zero-order chi connectivity index (χ0) is 15.0. The molecular formula is C15H19Cl2N3O. The van der Waals surface area contributed by atoms with Crippen LogP contribution in [0.3, 0.4) is 0 Å². The van der Waals surface area contributed by atoms with Gasteiger partial charge in [0.1, 0.15) is 0 Å². The van der Waals surface area contributed by atoms with Gasteiger partial charge in [0, 0.05) is 18.3 Å². The second kappa shape index (κ2) is 5.93. The number of amides is 2. The summed E-state index contributed by atoms with van der Waals surface area (Å²) in [5.41, 5.74) is 6.63. The minimum absolute atomic E-state index is 0.0682. The first-order chi connectivity index (χ1) is 10.1. The number of nitrogens with one attached hydrogen (secondary N) is 1. The number of anilines is 2. The van der Waals surface area contributed by atoms with Crippen LogP contribution in [0.25, 0.3) is 0 Å². The van der Waals surface area contributed by atoms with E-state index in [2.05, 4.69) is 5.32 Å². The number of carbonyl (C=O) groups excluding carboxylic acids is 1. The highest BCUT2D eigenvalue weighted by Crippen LogP contribution is 2.37. The lowest BCUT2D eigenvalue weighted by molar-refractivity contribution is 0.148. The summed E-state index contributed by atoms with van der Waals surface area (Å²) in [5, 5.41) is 3.60. The van der Waals surface area contributed by atoms with Crippen LogP contribution in [0, 0.1) is 5.92 Å². The fraction of sp³-hybridized carbons (Fsp3) is 0.533. The van der Waals surface area contributed by atoms with Crippen LogP contribution in [-0.2, 0) is 0 Å². The summed E-state index contributed by atoms with van der Waals surface area (Å²) >= 11 is 12.0. The summed E-state index contributed by atoms with van der Waals surface area (Å²) in [4.78, 5) is 14.4. The van der Waals surface area contributed by atoms with E-state index in [4.69, 9.17) is 28.9 Å². The van der Waals surface area contributed by atoms with Crippen LogP contribution in [-0.4, -0.2) is 23.5 Å². The van der Waals surface area contributed by atoms with Crippen LogP contribution in [0.4, 0.5) is 16.2 Å². The molecule has 1 aromatic carbocycles. The van der Waals surface area contributed by atoms with E-state index in [1.807, 2.05) is 4.90 Å². The van der Waals surface area contributed by atoms with Gasteiger partial charge in [-0.05, 0) is 43.7 Å². The highest BCUT2D eigenvalue weighted by Gasteiger charge is 2.37. The summed E-state index contributed by atoms with van der Waals surface area (Å²) in [7, 11) is 0. The molecule has 0 radical (unpaired) electrons. The topological polar surface area (TPSA) is 58.4 Å². The van der Waals surface area contributed by atoms with E-state index < -0.39 is 0 Å². The van der Waals surface area contributed by atoms with E-state index in [1.165, 1.54) is 19.3 Å². The Labute approximate surface area is 134 Å². The maximum absolute atomic E-state index is 12.5. The van der Waals surface area contributed by atoms with E-state index >= 15 is 0 Å². The molecule has 1 heterocycles. The number of carbonyl (C=O) groups is 1. The van der Waals surface area contributed by atoms with Gasteiger partial charge < -0.3 is 16.0 Å². The van der Waals surface area contributed by atoms with Crippen molar-refractivity contribution in [1.29, 1.82) is 0 Å². The Morgan fingerprint density at radius 2 is 1.86 bits per heavy atom. The summed E-state index contributed by atoms with van der Waals surface area (Å²) in [5.74, 6) is 0.678. The highest BCUT2D eigenvalue weighted by molar-refractivity contribution is 6.39. The molecule has 1 aliphatic carbocycles. The van der Waals surface area contributed by atoms with E-state index in [9.17, 15) is 4.79 Å². The van der Waals surface area contributed by atoms with Gasteiger partial charge in [-0.1, -0.05) is 29.6 Å². The molecule has 2 amide bonds. The molecule has 1 saturated carbocycles. The maximum atomic E-state index is 12.5. The van der Waals surface area contributed by atoms with E-state index in [-0.39, 0.29) is 6.03 Å². The van der Waals surface area contributed by atoms with E-state index in [0.717, 1.165) is 19.4 Å². The first-order valence-electron chi connectivity index (χ1n) is 7.38. The zero-order valence-electron chi connectivity index (χ0n) is 11.7. The molecular weight excluding hydrogens is 309 g/mol. The lowest BCUT2D eigenvalue weighted by atomic mass is 9.79. The van der Waals surface area contributed by atoms with Crippen molar-refractivity contribution in [3.8, 4) is 0 Å². The molecule has 1 unspecified atom stereocenters. The predicted octanol–water partition coefficient (Wildman–Crippen LogP) is 4.37. The van der Waals surface area contributed by atoms with Crippen molar-refractivity contribution >= 4 is 40.6 Å².